The van der Waals surface area contributed by atoms with E-state index in [9.17, 15) is 0 Å². The fourth-order valence-corrected chi connectivity index (χ4v) is 1.72. The molecular formula is C13H17N3O2. The molecule has 18 heavy (non-hydrogen) atoms. The number of benzene rings is 1. The van der Waals surface area contributed by atoms with Crippen LogP contribution in [0.4, 0.5) is 0 Å². The summed E-state index contributed by atoms with van der Waals surface area (Å²) in [5, 5.41) is 3.79. The van der Waals surface area contributed by atoms with Crippen molar-refractivity contribution in [3.8, 4) is 5.75 Å². The first-order valence-corrected chi connectivity index (χ1v) is 5.82. The van der Waals surface area contributed by atoms with Crippen molar-refractivity contribution in [1.29, 1.82) is 0 Å². The number of nitrogens with zero attached hydrogens (tertiary/aromatic N) is 2. The summed E-state index contributed by atoms with van der Waals surface area (Å²) in [4.78, 5) is 4.09. The van der Waals surface area contributed by atoms with Crippen LogP contribution in [0.5, 0.6) is 5.75 Å². The molecule has 0 fully saturated rings. The summed E-state index contributed by atoms with van der Waals surface area (Å²) in [7, 11) is 0. The molecule has 0 bridgehead atoms. The van der Waals surface area contributed by atoms with Crippen LogP contribution in [0.1, 0.15) is 28.4 Å². The van der Waals surface area contributed by atoms with Crippen LogP contribution in [0.2, 0.25) is 0 Å². The number of hydrogen-bond donors (Lipinski definition) is 1. The lowest BCUT2D eigenvalue weighted by Gasteiger charge is -2.10. The quantitative estimate of drug-likeness (QED) is 0.894. The van der Waals surface area contributed by atoms with Gasteiger partial charge >= 0.3 is 0 Å². The maximum Gasteiger partial charge on any atom is 0.240 e. The highest BCUT2D eigenvalue weighted by Gasteiger charge is 2.08. The van der Waals surface area contributed by atoms with Gasteiger partial charge < -0.3 is 15.0 Å². The molecule has 0 amide bonds. The van der Waals surface area contributed by atoms with Gasteiger partial charge in [-0.15, -0.1) is 0 Å². The lowest BCUT2D eigenvalue weighted by atomic mass is 10.1. The monoisotopic (exact) mass is 247 g/mol. The average molecular weight is 247 g/mol. The fourth-order valence-electron chi connectivity index (χ4n) is 1.72. The predicted molar refractivity (Wildman–Crippen MR) is 67.2 cm³/mol. The molecule has 1 aromatic heterocycles. The van der Waals surface area contributed by atoms with E-state index in [-0.39, 0.29) is 13.2 Å². The first-order chi connectivity index (χ1) is 8.60. The van der Waals surface area contributed by atoms with E-state index >= 15 is 0 Å². The van der Waals surface area contributed by atoms with Crippen molar-refractivity contribution in [2.24, 2.45) is 5.73 Å². The average Bonchev–Trinajstić information content (AvgIpc) is 2.80. The number of nitrogens with two attached hydrogens (primary N) is 1. The summed E-state index contributed by atoms with van der Waals surface area (Å²) >= 11 is 0. The van der Waals surface area contributed by atoms with E-state index in [1.807, 2.05) is 19.9 Å². The largest absolute Gasteiger partial charge is 0.485 e. The SMILES string of the molecule is Cc1cc(C)c(C)c(OCc2noc(CN)n2)c1. The minimum Gasteiger partial charge on any atom is -0.485 e. The highest BCUT2D eigenvalue weighted by atomic mass is 16.5. The third kappa shape index (κ3) is 2.68. The van der Waals surface area contributed by atoms with E-state index in [2.05, 4.69) is 23.1 Å². The van der Waals surface area contributed by atoms with Crippen LogP contribution in [0.25, 0.3) is 0 Å². The molecule has 2 N–H and O–H groups in total. The molecular weight excluding hydrogens is 230 g/mol. The zero-order valence-electron chi connectivity index (χ0n) is 10.9. The summed E-state index contributed by atoms with van der Waals surface area (Å²) in [5.41, 5.74) is 8.90. The van der Waals surface area contributed by atoms with Gasteiger partial charge in [0, 0.05) is 0 Å². The van der Waals surface area contributed by atoms with Gasteiger partial charge in [-0.05, 0) is 43.5 Å². The second kappa shape index (κ2) is 5.18. The third-order valence-electron chi connectivity index (χ3n) is 2.81. The van der Waals surface area contributed by atoms with Gasteiger partial charge in [0.15, 0.2) is 6.61 Å². The zero-order chi connectivity index (χ0) is 13.1. The Morgan fingerprint density at radius 1 is 1.28 bits per heavy atom. The minimum atomic E-state index is 0.246. The van der Waals surface area contributed by atoms with Gasteiger partial charge in [-0.1, -0.05) is 11.2 Å². The van der Waals surface area contributed by atoms with Crippen LogP contribution in [0.15, 0.2) is 16.7 Å². The van der Waals surface area contributed by atoms with Crippen molar-refractivity contribution < 1.29 is 9.26 Å². The van der Waals surface area contributed by atoms with Gasteiger partial charge in [0.2, 0.25) is 11.7 Å². The summed E-state index contributed by atoms with van der Waals surface area (Å²) in [5.74, 6) is 1.78. The van der Waals surface area contributed by atoms with Crippen molar-refractivity contribution in [2.45, 2.75) is 33.9 Å². The molecule has 0 aliphatic rings. The second-order valence-corrected chi connectivity index (χ2v) is 4.30. The van der Waals surface area contributed by atoms with Crippen LogP contribution >= 0.6 is 0 Å². The highest BCUT2D eigenvalue weighted by molar-refractivity contribution is 5.41. The minimum absolute atomic E-state index is 0.246. The lowest BCUT2D eigenvalue weighted by molar-refractivity contribution is 0.283. The number of rotatable bonds is 4. The Morgan fingerprint density at radius 3 is 2.72 bits per heavy atom. The maximum absolute atomic E-state index is 5.72. The Bertz CT molecular complexity index is 549. The van der Waals surface area contributed by atoms with Crippen molar-refractivity contribution >= 4 is 0 Å². The van der Waals surface area contributed by atoms with Gasteiger partial charge in [-0.25, -0.2) is 0 Å². The second-order valence-electron chi connectivity index (χ2n) is 4.30. The van der Waals surface area contributed by atoms with Crippen LogP contribution in [0.3, 0.4) is 0 Å². The standard InChI is InChI=1S/C13H17N3O2/c1-8-4-9(2)10(3)11(5-8)17-7-12-15-13(6-14)18-16-12/h4-5H,6-7,14H2,1-3H3. The van der Waals surface area contributed by atoms with E-state index in [1.165, 1.54) is 11.1 Å². The molecule has 0 radical (unpaired) electrons. The molecule has 0 aliphatic heterocycles. The number of aryl methyl sites for hydroxylation is 2. The maximum atomic E-state index is 5.72. The summed E-state index contributed by atoms with van der Waals surface area (Å²) in [6, 6.07) is 4.13. The Hall–Kier alpha value is -1.88. The Morgan fingerprint density at radius 2 is 2.06 bits per heavy atom. The first kappa shape index (κ1) is 12.6. The molecule has 0 aliphatic carbocycles. The van der Waals surface area contributed by atoms with Gasteiger partial charge in [0.1, 0.15) is 5.75 Å². The Kier molecular flexibility index (Phi) is 3.62. The van der Waals surface area contributed by atoms with Crippen molar-refractivity contribution in [1.82, 2.24) is 10.1 Å². The van der Waals surface area contributed by atoms with Gasteiger partial charge in [-0.3, -0.25) is 0 Å². The fraction of sp³-hybridized carbons (Fsp3) is 0.385. The van der Waals surface area contributed by atoms with E-state index in [4.69, 9.17) is 15.0 Å². The van der Waals surface area contributed by atoms with Gasteiger partial charge in [0.25, 0.3) is 0 Å². The Balaban J connectivity index is 2.10. The molecule has 5 nitrogen and oxygen atoms in total. The van der Waals surface area contributed by atoms with Crippen LogP contribution < -0.4 is 10.5 Å². The molecule has 1 heterocycles. The third-order valence-corrected chi connectivity index (χ3v) is 2.81. The number of hydrogen-bond acceptors (Lipinski definition) is 5. The van der Waals surface area contributed by atoms with Crippen LogP contribution in [0, 0.1) is 20.8 Å². The number of ether oxygens (including phenoxy) is 1. The van der Waals surface area contributed by atoms with Crippen molar-refractivity contribution in [2.75, 3.05) is 0 Å². The summed E-state index contributed by atoms with van der Waals surface area (Å²) < 4.78 is 10.6. The molecule has 1 aromatic carbocycles. The molecule has 0 atom stereocenters. The normalized spacial score (nSPS) is 10.7. The molecule has 0 saturated heterocycles. The van der Waals surface area contributed by atoms with Crippen LogP contribution in [-0.4, -0.2) is 10.1 Å². The van der Waals surface area contributed by atoms with Crippen LogP contribution in [-0.2, 0) is 13.2 Å². The summed E-state index contributed by atoms with van der Waals surface area (Å²) in [6.45, 7) is 6.67. The topological polar surface area (TPSA) is 74.2 Å². The van der Waals surface area contributed by atoms with E-state index < -0.39 is 0 Å². The molecule has 2 rings (SSSR count). The highest BCUT2D eigenvalue weighted by Crippen LogP contribution is 2.23. The molecule has 96 valence electrons. The lowest BCUT2D eigenvalue weighted by Crippen LogP contribution is -2.01. The van der Waals surface area contributed by atoms with E-state index in [1.54, 1.807) is 0 Å². The molecule has 5 heteroatoms. The van der Waals surface area contributed by atoms with E-state index in [0.29, 0.717) is 11.7 Å². The van der Waals surface area contributed by atoms with E-state index in [0.717, 1.165) is 11.3 Å². The first-order valence-electron chi connectivity index (χ1n) is 5.82. The summed E-state index contributed by atoms with van der Waals surface area (Å²) in [6.07, 6.45) is 0. The smallest absolute Gasteiger partial charge is 0.240 e. The van der Waals surface area contributed by atoms with Gasteiger partial charge in [-0.2, -0.15) is 4.98 Å². The molecule has 0 unspecified atom stereocenters. The molecule has 0 spiro atoms. The Labute approximate surface area is 106 Å². The van der Waals surface area contributed by atoms with Crippen molar-refractivity contribution in [3.05, 3.63) is 40.5 Å². The molecule has 2 aromatic rings. The van der Waals surface area contributed by atoms with Crippen molar-refractivity contribution in [3.63, 3.8) is 0 Å². The molecule has 0 saturated carbocycles. The number of aromatic nitrogens is 2. The zero-order valence-corrected chi connectivity index (χ0v) is 10.9. The van der Waals surface area contributed by atoms with Gasteiger partial charge in [0.05, 0.1) is 6.54 Å². The predicted octanol–water partition coefficient (Wildman–Crippen LogP) is 2.03.